The number of pyridine rings is 1. The molecule has 0 saturated heterocycles. The van der Waals surface area contributed by atoms with Gasteiger partial charge in [0.1, 0.15) is 11.3 Å². The zero-order valence-electron chi connectivity index (χ0n) is 19.5. The van der Waals surface area contributed by atoms with E-state index in [1.807, 2.05) is 56.3 Å². The number of nitrogens with two attached hydrogens (primary N) is 1. The molecular weight excluding hydrogens is 444 g/mol. The predicted octanol–water partition coefficient (Wildman–Crippen LogP) is 3.42. The van der Waals surface area contributed by atoms with Gasteiger partial charge in [-0.25, -0.2) is 9.50 Å². The van der Waals surface area contributed by atoms with E-state index in [1.165, 1.54) is 4.52 Å². The average molecular weight is 469 g/mol. The molecule has 0 saturated carbocycles. The van der Waals surface area contributed by atoms with E-state index < -0.39 is 11.9 Å². The second-order valence-corrected chi connectivity index (χ2v) is 8.21. The summed E-state index contributed by atoms with van der Waals surface area (Å²) < 4.78 is 8.60. The fourth-order valence-corrected chi connectivity index (χ4v) is 4.57. The first-order chi connectivity index (χ1) is 16.9. The Bertz CT molecular complexity index is 1640. The number of para-hydroxylation sites is 1. The van der Waals surface area contributed by atoms with Crippen molar-refractivity contribution >= 4 is 28.1 Å². The highest BCUT2D eigenvalue weighted by Gasteiger charge is 2.26. The number of carbonyl (C=O) groups is 1. The number of hydrogen-bond donors (Lipinski definition) is 2. The Kier molecular flexibility index (Phi) is 5.44. The Morgan fingerprint density at radius 1 is 1.11 bits per heavy atom. The molecule has 0 aliphatic carbocycles. The van der Waals surface area contributed by atoms with Crippen molar-refractivity contribution in [1.29, 1.82) is 0 Å². The Morgan fingerprint density at radius 3 is 2.63 bits per heavy atom. The SMILES string of the molecule is COc1cccc2c(C)c([C@H](C)NC(=O)c3c(N)nn4cccnc34)n(-c3ccccc3)c(=O)c12. The highest BCUT2D eigenvalue weighted by Crippen LogP contribution is 2.31. The van der Waals surface area contributed by atoms with E-state index in [1.54, 1.807) is 36.2 Å². The Labute approximate surface area is 200 Å². The van der Waals surface area contributed by atoms with Gasteiger partial charge in [0.15, 0.2) is 11.5 Å². The number of aryl methyl sites for hydroxylation is 1. The van der Waals surface area contributed by atoms with E-state index in [2.05, 4.69) is 15.4 Å². The van der Waals surface area contributed by atoms with Crippen molar-refractivity contribution in [3.05, 3.63) is 94.2 Å². The topological polar surface area (TPSA) is 117 Å². The zero-order chi connectivity index (χ0) is 24.7. The minimum atomic E-state index is -0.552. The molecule has 1 amide bonds. The molecule has 0 radical (unpaired) electrons. The summed E-state index contributed by atoms with van der Waals surface area (Å²) in [5, 5.41) is 8.41. The van der Waals surface area contributed by atoms with Crippen LogP contribution < -0.4 is 21.3 Å². The average Bonchev–Trinajstić information content (AvgIpc) is 3.21. The van der Waals surface area contributed by atoms with Gasteiger partial charge in [-0.1, -0.05) is 30.3 Å². The number of nitrogens with zero attached hydrogens (tertiary/aromatic N) is 4. The minimum absolute atomic E-state index is 0.0776. The summed E-state index contributed by atoms with van der Waals surface area (Å²) in [5.41, 5.74) is 8.54. The van der Waals surface area contributed by atoms with Crippen LogP contribution in [-0.2, 0) is 0 Å². The molecule has 2 aromatic carbocycles. The van der Waals surface area contributed by atoms with Crippen LogP contribution in [0.1, 0.15) is 34.6 Å². The standard InChI is InChI=1S/C26H24N6O3/c1-15-18-11-7-12-19(35-3)20(18)26(34)32(17-9-5-4-6-10-17)22(15)16(2)29-25(33)21-23(27)30-31-14-8-13-28-24(21)31/h4-14,16H,1-3H3,(H2,27,30)(H,29,33)/t16-/m0/s1. The minimum Gasteiger partial charge on any atom is -0.496 e. The maximum atomic E-state index is 13.9. The number of amides is 1. The van der Waals surface area contributed by atoms with Crippen LogP contribution in [0.4, 0.5) is 5.82 Å². The molecule has 0 spiro atoms. The van der Waals surface area contributed by atoms with E-state index in [0.717, 1.165) is 10.9 Å². The number of benzene rings is 2. The second-order valence-electron chi connectivity index (χ2n) is 8.21. The van der Waals surface area contributed by atoms with E-state index in [-0.39, 0.29) is 16.9 Å². The van der Waals surface area contributed by atoms with Crippen molar-refractivity contribution in [2.24, 2.45) is 0 Å². The lowest BCUT2D eigenvalue weighted by Gasteiger charge is -2.24. The van der Waals surface area contributed by atoms with Gasteiger partial charge in [-0.2, -0.15) is 0 Å². The van der Waals surface area contributed by atoms with Gasteiger partial charge in [-0.15, -0.1) is 5.10 Å². The molecule has 1 atom stereocenters. The first kappa shape index (κ1) is 22.1. The zero-order valence-corrected chi connectivity index (χ0v) is 19.5. The number of ether oxygens (including phenoxy) is 1. The van der Waals surface area contributed by atoms with Gasteiger partial charge in [0.25, 0.3) is 11.5 Å². The van der Waals surface area contributed by atoms with Gasteiger partial charge in [-0.3, -0.25) is 14.2 Å². The molecule has 0 unspecified atom stereocenters. The van der Waals surface area contributed by atoms with E-state index >= 15 is 0 Å². The van der Waals surface area contributed by atoms with Crippen molar-refractivity contribution in [3.8, 4) is 11.4 Å². The third kappa shape index (κ3) is 3.57. The van der Waals surface area contributed by atoms with Crippen molar-refractivity contribution in [2.75, 3.05) is 12.8 Å². The summed E-state index contributed by atoms with van der Waals surface area (Å²) in [6.07, 6.45) is 3.25. The van der Waals surface area contributed by atoms with Gasteiger partial charge in [0, 0.05) is 18.1 Å². The molecule has 9 nitrogen and oxygen atoms in total. The lowest BCUT2D eigenvalue weighted by molar-refractivity contribution is 0.0941. The monoisotopic (exact) mass is 468 g/mol. The van der Waals surface area contributed by atoms with Crippen LogP contribution in [0.15, 0.2) is 71.8 Å². The van der Waals surface area contributed by atoms with Crippen molar-refractivity contribution < 1.29 is 9.53 Å². The van der Waals surface area contributed by atoms with Crippen molar-refractivity contribution in [2.45, 2.75) is 19.9 Å². The molecule has 3 aromatic heterocycles. The van der Waals surface area contributed by atoms with E-state index in [0.29, 0.717) is 28.2 Å². The highest BCUT2D eigenvalue weighted by molar-refractivity contribution is 6.04. The number of fused-ring (bicyclic) bond motifs is 2. The molecule has 0 aliphatic heterocycles. The maximum absolute atomic E-state index is 13.9. The van der Waals surface area contributed by atoms with Crippen molar-refractivity contribution in [3.63, 3.8) is 0 Å². The normalized spacial score (nSPS) is 12.1. The number of hydrogen-bond acceptors (Lipinski definition) is 6. The summed E-state index contributed by atoms with van der Waals surface area (Å²) in [4.78, 5) is 31.4. The molecule has 176 valence electrons. The quantitative estimate of drug-likeness (QED) is 0.408. The van der Waals surface area contributed by atoms with Gasteiger partial charge in [-0.05, 0) is 49.1 Å². The fourth-order valence-electron chi connectivity index (χ4n) is 4.57. The van der Waals surface area contributed by atoms with Gasteiger partial charge in [0.05, 0.1) is 24.2 Å². The van der Waals surface area contributed by atoms with Gasteiger partial charge < -0.3 is 15.8 Å². The summed E-state index contributed by atoms with van der Waals surface area (Å²) >= 11 is 0. The van der Waals surface area contributed by atoms with Crippen LogP contribution in [-0.4, -0.2) is 32.2 Å². The first-order valence-electron chi connectivity index (χ1n) is 11.1. The van der Waals surface area contributed by atoms with Gasteiger partial charge >= 0.3 is 0 Å². The van der Waals surface area contributed by atoms with E-state index in [9.17, 15) is 9.59 Å². The molecule has 9 heteroatoms. The molecule has 3 N–H and O–H groups in total. The molecule has 5 aromatic rings. The maximum Gasteiger partial charge on any atom is 0.267 e. The second kappa shape index (κ2) is 8.60. The third-order valence-corrected chi connectivity index (χ3v) is 6.11. The summed E-state index contributed by atoms with van der Waals surface area (Å²) in [6.45, 7) is 3.77. The lowest BCUT2D eigenvalue weighted by atomic mass is 9.99. The van der Waals surface area contributed by atoms with Crippen LogP contribution in [0.25, 0.3) is 22.1 Å². The lowest BCUT2D eigenvalue weighted by Crippen LogP contribution is -2.33. The van der Waals surface area contributed by atoms with Crippen LogP contribution in [0.5, 0.6) is 5.75 Å². The van der Waals surface area contributed by atoms with Crippen LogP contribution in [0.2, 0.25) is 0 Å². The van der Waals surface area contributed by atoms with Gasteiger partial charge in [0.2, 0.25) is 0 Å². The molecule has 3 heterocycles. The highest BCUT2D eigenvalue weighted by atomic mass is 16.5. The largest absolute Gasteiger partial charge is 0.496 e. The number of nitrogen functional groups attached to an aromatic ring is 1. The molecule has 5 rings (SSSR count). The Hall–Kier alpha value is -4.66. The number of methoxy groups -OCH3 is 1. The predicted molar refractivity (Wildman–Crippen MR) is 134 cm³/mol. The molecule has 0 fully saturated rings. The number of rotatable bonds is 5. The van der Waals surface area contributed by atoms with Crippen LogP contribution >= 0.6 is 0 Å². The fraction of sp³-hybridized carbons (Fsp3) is 0.154. The smallest absolute Gasteiger partial charge is 0.267 e. The number of carbonyl (C=O) groups excluding carboxylic acids is 1. The number of nitrogens with one attached hydrogen (secondary N) is 1. The molecule has 0 bridgehead atoms. The summed E-state index contributed by atoms with van der Waals surface area (Å²) in [6, 6.07) is 16.0. The van der Waals surface area contributed by atoms with E-state index in [4.69, 9.17) is 10.5 Å². The van der Waals surface area contributed by atoms with Crippen molar-refractivity contribution in [1.82, 2.24) is 24.5 Å². The molecular formula is C26H24N6O3. The van der Waals surface area contributed by atoms with Crippen LogP contribution in [0, 0.1) is 6.92 Å². The summed E-state index contributed by atoms with van der Waals surface area (Å²) in [5.74, 6) is 0.142. The Morgan fingerprint density at radius 2 is 1.89 bits per heavy atom. The molecule has 35 heavy (non-hydrogen) atoms. The van der Waals surface area contributed by atoms with Crippen LogP contribution in [0.3, 0.4) is 0 Å². The number of anilines is 1. The third-order valence-electron chi connectivity index (χ3n) is 6.11. The first-order valence-corrected chi connectivity index (χ1v) is 11.1. The number of aromatic nitrogens is 4. The molecule has 0 aliphatic rings. The summed E-state index contributed by atoms with van der Waals surface area (Å²) in [7, 11) is 1.54. The Balaban J connectivity index is 1.69.